The van der Waals surface area contributed by atoms with Gasteiger partial charge in [-0.2, -0.15) is 0 Å². The molecule has 0 amide bonds. The van der Waals surface area contributed by atoms with Crippen LogP contribution in [0.15, 0.2) is 14.6 Å². The molecule has 1 aliphatic heterocycles. The molecule has 16 heteroatoms. The summed E-state index contributed by atoms with van der Waals surface area (Å²) in [4.78, 5) is 75.9. The summed E-state index contributed by atoms with van der Waals surface area (Å²) in [6, 6.07) is -1.58. The zero-order valence-electron chi connectivity index (χ0n) is 22.0. The predicted molar refractivity (Wildman–Crippen MR) is 129 cm³/mol. The van der Waals surface area contributed by atoms with E-state index < -0.39 is 83.8 Å². The predicted octanol–water partition coefficient (Wildman–Crippen LogP) is -1.65. The minimum Gasteiger partial charge on any atom is -0.494 e. The second-order valence-corrected chi connectivity index (χ2v) is 8.73. The van der Waals surface area contributed by atoms with Gasteiger partial charge in [0.25, 0.3) is 5.56 Å². The van der Waals surface area contributed by atoms with Crippen molar-refractivity contribution < 1.29 is 53.4 Å². The molecule has 2 rings (SSSR count). The fourth-order valence-electron chi connectivity index (χ4n) is 3.97. The number of carboxylic acid groups (broad SMARTS) is 1. The van der Waals surface area contributed by atoms with Crippen molar-refractivity contribution in [2.45, 2.75) is 70.7 Å². The maximum Gasteiger partial charge on any atom is 0.333 e. The van der Waals surface area contributed by atoms with Gasteiger partial charge in [0.1, 0.15) is 24.3 Å². The number of aromatic nitrogens is 2. The molecule has 3 N–H and O–H groups in total. The smallest absolute Gasteiger partial charge is 0.333 e. The summed E-state index contributed by atoms with van der Waals surface area (Å²) in [7, 11) is 2.34. The number of aromatic hydroxyl groups is 1. The van der Waals surface area contributed by atoms with Gasteiger partial charge < -0.3 is 34.3 Å². The van der Waals surface area contributed by atoms with Crippen molar-refractivity contribution in [3.05, 3.63) is 26.4 Å². The summed E-state index contributed by atoms with van der Waals surface area (Å²) >= 11 is 0. The van der Waals surface area contributed by atoms with Crippen LogP contribution in [0.25, 0.3) is 0 Å². The van der Waals surface area contributed by atoms with Crippen LogP contribution < -0.4 is 11.2 Å². The second kappa shape index (κ2) is 13.1. The Balaban J connectivity index is 2.73. The lowest BCUT2D eigenvalue weighted by atomic mass is 9.95. The number of carboxylic acids is 1. The minimum absolute atomic E-state index is 0.0794. The van der Waals surface area contributed by atoms with Crippen LogP contribution in [-0.2, 0) is 52.2 Å². The first-order valence-corrected chi connectivity index (χ1v) is 11.7. The van der Waals surface area contributed by atoms with E-state index in [1.54, 1.807) is 0 Å². The van der Waals surface area contributed by atoms with E-state index in [4.69, 9.17) is 24.1 Å². The fraction of sp³-hybridized carbons (Fsp3) is 0.609. The number of aliphatic hydroxyl groups excluding tert-OH is 1. The van der Waals surface area contributed by atoms with Crippen molar-refractivity contribution in [1.82, 2.24) is 9.13 Å². The third-order valence-electron chi connectivity index (χ3n) is 5.72. The number of hydrogen-bond acceptors (Lipinski definition) is 13. The monoisotopic (exact) mass is 557 g/mol. The van der Waals surface area contributed by atoms with Crippen LogP contribution in [-0.4, -0.2) is 91.3 Å². The number of carbonyl (C=O) groups is 4. The second-order valence-electron chi connectivity index (χ2n) is 8.73. The number of carbonyl (C=O) groups excluding carboxylic acids is 3. The summed E-state index contributed by atoms with van der Waals surface area (Å²) < 4.78 is 22.5. The quantitative estimate of drug-likeness (QED) is 0.167. The Morgan fingerprint density at radius 1 is 0.949 bits per heavy atom. The lowest BCUT2D eigenvalue weighted by Crippen LogP contribution is -2.61. The van der Waals surface area contributed by atoms with Crippen molar-refractivity contribution in [2.24, 2.45) is 19.1 Å². The Labute approximate surface area is 221 Å². The van der Waals surface area contributed by atoms with Crippen LogP contribution in [0.2, 0.25) is 0 Å². The molecule has 16 nitrogen and oxygen atoms in total. The zero-order valence-corrected chi connectivity index (χ0v) is 22.0. The number of rotatable bonds is 10. The molecule has 0 aromatic carbocycles. The number of ether oxygens (including phenoxy) is 4. The first kappa shape index (κ1) is 31.2. The van der Waals surface area contributed by atoms with Gasteiger partial charge in [-0.25, -0.2) is 4.79 Å². The topological polar surface area (TPSA) is 222 Å². The number of aliphatic imine (C=N–C) groups is 1. The highest BCUT2D eigenvalue weighted by atomic mass is 16.7. The highest BCUT2D eigenvalue weighted by Gasteiger charge is 2.50. The largest absolute Gasteiger partial charge is 0.494 e. The number of nitrogens with zero attached hydrogens (tertiary/aromatic N) is 3. The Bertz CT molecular complexity index is 1260. The van der Waals surface area contributed by atoms with Crippen molar-refractivity contribution in [3.63, 3.8) is 0 Å². The van der Waals surface area contributed by atoms with Crippen LogP contribution in [0.1, 0.15) is 45.6 Å². The molecule has 1 unspecified atom stereocenters. The summed E-state index contributed by atoms with van der Waals surface area (Å²) in [5.41, 5.74) is -2.53. The van der Waals surface area contributed by atoms with Gasteiger partial charge in [-0.1, -0.05) is 0 Å². The van der Waals surface area contributed by atoms with Crippen molar-refractivity contribution in [1.29, 1.82) is 0 Å². The van der Waals surface area contributed by atoms with Gasteiger partial charge in [0, 0.05) is 41.3 Å². The standard InChI is InChI=1S/C23H31N3O13/c1-10(27)36-9-14-18(37-11(2)28)19(38-12(3)29)17(22(34)39-14)24-13(7-6-8-15(30)31)16-20(32)25(4)23(35)26(5)21(16)33/h14,17-19,22,32,34H,6-9H2,1-5H3,(H,30,31)/t14-,17-,18-,19-,22?/m1/s1. The highest BCUT2D eigenvalue weighted by Crippen LogP contribution is 2.29. The third kappa shape index (κ3) is 7.73. The summed E-state index contributed by atoms with van der Waals surface area (Å²) in [6.45, 7) is 2.71. The molecule has 0 spiro atoms. The van der Waals surface area contributed by atoms with E-state index in [1.165, 1.54) is 7.05 Å². The van der Waals surface area contributed by atoms with E-state index in [-0.39, 0.29) is 25.0 Å². The van der Waals surface area contributed by atoms with Crippen molar-refractivity contribution in [2.75, 3.05) is 6.61 Å². The number of aliphatic carboxylic acids is 1. The summed E-state index contributed by atoms with van der Waals surface area (Å²) in [5, 5.41) is 30.6. The van der Waals surface area contributed by atoms with E-state index in [2.05, 4.69) is 4.99 Å². The van der Waals surface area contributed by atoms with Gasteiger partial charge >= 0.3 is 29.6 Å². The molecule has 0 bridgehead atoms. The SMILES string of the molecule is CC(=O)OC[C@H]1OC(O)[C@H](N=C(CCCC(=O)O)c2c(O)n(C)c(=O)n(C)c2=O)[C@@H](OC(C)=O)[C@@H]1OC(C)=O. The van der Waals surface area contributed by atoms with Crippen molar-refractivity contribution >= 4 is 29.6 Å². The van der Waals surface area contributed by atoms with Crippen LogP contribution in [0.3, 0.4) is 0 Å². The van der Waals surface area contributed by atoms with Gasteiger partial charge in [-0.15, -0.1) is 0 Å². The van der Waals surface area contributed by atoms with Crippen LogP contribution >= 0.6 is 0 Å². The molecule has 1 aliphatic rings. The van der Waals surface area contributed by atoms with Gasteiger partial charge in [0.2, 0.25) is 5.88 Å². The molecular formula is C23H31N3O13. The molecule has 1 aromatic rings. The Morgan fingerprint density at radius 3 is 2.08 bits per heavy atom. The highest BCUT2D eigenvalue weighted by molar-refractivity contribution is 6.02. The van der Waals surface area contributed by atoms with E-state index in [0.29, 0.717) is 4.57 Å². The molecule has 2 heterocycles. The molecule has 1 fully saturated rings. The molecule has 5 atom stereocenters. The average Bonchev–Trinajstić information content (AvgIpc) is 2.83. The van der Waals surface area contributed by atoms with Gasteiger partial charge in [-0.3, -0.25) is 38.1 Å². The van der Waals surface area contributed by atoms with Gasteiger partial charge in [-0.05, 0) is 12.8 Å². The van der Waals surface area contributed by atoms with E-state index >= 15 is 0 Å². The number of esters is 3. The minimum atomic E-state index is -1.88. The molecule has 0 aliphatic carbocycles. The van der Waals surface area contributed by atoms with E-state index in [0.717, 1.165) is 32.4 Å². The first-order valence-electron chi connectivity index (χ1n) is 11.7. The maximum atomic E-state index is 13.0. The molecule has 1 aromatic heterocycles. The zero-order chi connectivity index (χ0) is 29.6. The van der Waals surface area contributed by atoms with Gasteiger partial charge in [0.05, 0.1) is 5.71 Å². The third-order valence-corrected chi connectivity index (χ3v) is 5.72. The molecule has 0 saturated carbocycles. The fourth-order valence-corrected chi connectivity index (χ4v) is 3.97. The van der Waals surface area contributed by atoms with Crippen LogP contribution in [0, 0.1) is 0 Å². The summed E-state index contributed by atoms with van der Waals surface area (Å²) in [6.07, 6.45) is -6.83. The first-order chi connectivity index (χ1) is 18.1. The normalized spacial score (nSPS) is 23.1. The van der Waals surface area contributed by atoms with Crippen molar-refractivity contribution in [3.8, 4) is 5.88 Å². The summed E-state index contributed by atoms with van der Waals surface area (Å²) in [5.74, 6) is -4.35. The van der Waals surface area contributed by atoms with Gasteiger partial charge in [0.15, 0.2) is 18.5 Å². The Morgan fingerprint density at radius 2 is 1.54 bits per heavy atom. The lowest BCUT2D eigenvalue weighted by Gasteiger charge is -2.42. The number of aliphatic hydroxyl groups is 1. The molecule has 216 valence electrons. The Kier molecular flexibility index (Phi) is 10.5. The van der Waals surface area contributed by atoms with E-state index in [9.17, 15) is 39.0 Å². The number of hydrogen-bond donors (Lipinski definition) is 3. The molecule has 39 heavy (non-hydrogen) atoms. The maximum absolute atomic E-state index is 13.0. The molecular weight excluding hydrogens is 526 g/mol. The van der Waals surface area contributed by atoms with Crippen LogP contribution in [0.5, 0.6) is 5.88 Å². The molecule has 0 radical (unpaired) electrons. The molecule has 1 saturated heterocycles. The van der Waals surface area contributed by atoms with E-state index in [1.807, 2.05) is 0 Å². The Hall–Kier alpha value is -4.05. The van der Waals surface area contributed by atoms with Crippen LogP contribution in [0.4, 0.5) is 0 Å². The average molecular weight is 558 g/mol. The lowest BCUT2D eigenvalue weighted by molar-refractivity contribution is -0.260.